The van der Waals surface area contributed by atoms with Crippen LogP contribution in [-0.4, -0.2) is 68.4 Å². The fourth-order valence-corrected chi connectivity index (χ4v) is 3.83. The number of carbonyl (C=O) groups is 2. The van der Waals surface area contributed by atoms with E-state index >= 15 is 0 Å². The summed E-state index contributed by atoms with van der Waals surface area (Å²) < 4.78 is 16.3. The highest BCUT2D eigenvalue weighted by Gasteiger charge is 2.19. The molecule has 1 N–H and O–H groups in total. The molecule has 3 rings (SSSR count). The monoisotopic (exact) mass is 483 g/mol. The molecule has 0 bridgehead atoms. The van der Waals surface area contributed by atoms with Gasteiger partial charge in [-0.25, -0.2) is 9.59 Å². The molecule has 8 nitrogen and oxygen atoms in total. The van der Waals surface area contributed by atoms with Crippen LogP contribution < -0.4 is 10.1 Å². The molecule has 2 aromatic carbocycles. The molecule has 1 aliphatic heterocycles. The van der Waals surface area contributed by atoms with E-state index in [0.717, 1.165) is 42.8 Å². The van der Waals surface area contributed by atoms with Crippen molar-refractivity contribution < 1.29 is 23.8 Å². The van der Waals surface area contributed by atoms with Crippen LogP contribution in [0.1, 0.15) is 36.0 Å². The standard InChI is InChI=1S/C27H37N3O5/c1-22-6-8-23(9-7-22)20-34-26(31)29-16-3-14-28-15-4-17-30(19-5-18-29)27(32)35-21-24-10-12-25(33-2)13-11-24/h6-13,28H,3-5,14-21H2,1-2H3. The molecule has 1 fully saturated rings. The van der Waals surface area contributed by atoms with Crippen molar-refractivity contribution in [1.29, 1.82) is 0 Å². The van der Waals surface area contributed by atoms with E-state index in [-0.39, 0.29) is 25.4 Å². The Morgan fingerprint density at radius 2 is 1.20 bits per heavy atom. The SMILES string of the molecule is COc1ccc(COC(=O)N2CCCNCCCN(C(=O)OCc3ccc(C)cc3)CCC2)cc1. The lowest BCUT2D eigenvalue weighted by Crippen LogP contribution is -2.40. The number of methoxy groups -OCH3 is 1. The average Bonchev–Trinajstić information content (AvgIpc) is 2.87. The number of aryl methyl sites for hydroxylation is 1. The van der Waals surface area contributed by atoms with Gasteiger partial charge in [-0.2, -0.15) is 0 Å². The Bertz CT molecular complexity index is 917. The largest absolute Gasteiger partial charge is 0.497 e. The van der Waals surface area contributed by atoms with E-state index in [1.807, 2.05) is 55.5 Å². The first kappa shape index (κ1) is 26.3. The normalized spacial score (nSPS) is 15.5. The predicted molar refractivity (Wildman–Crippen MR) is 134 cm³/mol. The van der Waals surface area contributed by atoms with Crippen molar-refractivity contribution in [3.8, 4) is 5.75 Å². The average molecular weight is 484 g/mol. The molecule has 1 heterocycles. The van der Waals surface area contributed by atoms with E-state index in [0.29, 0.717) is 32.6 Å². The van der Waals surface area contributed by atoms with Crippen LogP contribution in [0.25, 0.3) is 0 Å². The summed E-state index contributed by atoms with van der Waals surface area (Å²) in [6, 6.07) is 15.4. The molecular formula is C27H37N3O5. The lowest BCUT2D eigenvalue weighted by molar-refractivity contribution is 0.0860. The molecule has 0 aromatic heterocycles. The third-order valence-electron chi connectivity index (χ3n) is 5.94. The summed E-state index contributed by atoms with van der Waals surface area (Å²) in [6.45, 7) is 6.35. The smallest absolute Gasteiger partial charge is 0.410 e. The van der Waals surface area contributed by atoms with Crippen LogP contribution in [0.5, 0.6) is 5.75 Å². The summed E-state index contributed by atoms with van der Waals surface area (Å²) in [4.78, 5) is 29.0. The summed E-state index contributed by atoms with van der Waals surface area (Å²) >= 11 is 0. The molecule has 2 amide bonds. The quantitative estimate of drug-likeness (QED) is 0.681. The number of hydrogen-bond acceptors (Lipinski definition) is 6. The van der Waals surface area contributed by atoms with Gasteiger partial charge in [-0.3, -0.25) is 0 Å². The molecule has 0 atom stereocenters. The van der Waals surface area contributed by atoms with Gasteiger partial charge in [0.25, 0.3) is 0 Å². The van der Waals surface area contributed by atoms with Crippen LogP contribution in [0.2, 0.25) is 0 Å². The second-order valence-corrected chi connectivity index (χ2v) is 8.73. The van der Waals surface area contributed by atoms with E-state index < -0.39 is 0 Å². The zero-order chi connectivity index (χ0) is 24.9. The van der Waals surface area contributed by atoms with E-state index in [1.165, 1.54) is 5.56 Å². The second kappa shape index (κ2) is 14.2. The molecular weight excluding hydrogens is 446 g/mol. The van der Waals surface area contributed by atoms with Crippen molar-refractivity contribution >= 4 is 12.2 Å². The number of hydrogen-bond donors (Lipinski definition) is 1. The lowest BCUT2D eigenvalue weighted by Gasteiger charge is -2.26. The minimum absolute atomic E-state index is 0.203. The minimum atomic E-state index is -0.341. The van der Waals surface area contributed by atoms with Crippen molar-refractivity contribution in [3.05, 3.63) is 65.2 Å². The van der Waals surface area contributed by atoms with E-state index in [1.54, 1.807) is 16.9 Å². The number of benzene rings is 2. The molecule has 2 aromatic rings. The summed E-state index contributed by atoms with van der Waals surface area (Å²) in [5.41, 5.74) is 3.03. The summed E-state index contributed by atoms with van der Waals surface area (Å²) in [5, 5.41) is 3.38. The predicted octanol–water partition coefficient (Wildman–Crippen LogP) is 4.35. The molecule has 0 radical (unpaired) electrons. The lowest BCUT2D eigenvalue weighted by atomic mass is 10.2. The zero-order valence-electron chi connectivity index (χ0n) is 20.8. The summed E-state index contributed by atoms with van der Waals surface area (Å²) in [5.74, 6) is 0.762. The number of amides is 2. The number of nitrogens with zero attached hydrogens (tertiary/aromatic N) is 2. The molecule has 1 aliphatic rings. The minimum Gasteiger partial charge on any atom is -0.497 e. The van der Waals surface area contributed by atoms with Gasteiger partial charge in [0.05, 0.1) is 7.11 Å². The number of nitrogens with one attached hydrogen (secondary N) is 1. The van der Waals surface area contributed by atoms with Crippen LogP contribution >= 0.6 is 0 Å². The highest BCUT2D eigenvalue weighted by molar-refractivity contribution is 5.68. The maximum absolute atomic E-state index is 12.8. The fourth-order valence-electron chi connectivity index (χ4n) is 3.83. The highest BCUT2D eigenvalue weighted by Crippen LogP contribution is 2.13. The van der Waals surface area contributed by atoms with Gasteiger partial charge in [-0.05, 0) is 62.5 Å². The molecule has 0 aliphatic carbocycles. The van der Waals surface area contributed by atoms with Crippen LogP contribution in [0.15, 0.2) is 48.5 Å². The molecule has 8 heteroatoms. The van der Waals surface area contributed by atoms with Crippen molar-refractivity contribution in [3.63, 3.8) is 0 Å². The summed E-state index contributed by atoms with van der Waals surface area (Å²) in [6.07, 6.45) is 1.69. The first-order valence-corrected chi connectivity index (χ1v) is 12.3. The topological polar surface area (TPSA) is 80.3 Å². The van der Waals surface area contributed by atoms with E-state index in [9.17, 15) is 9.59 Å². The number of carbonyl (C=O) groups excluding carboxylic acids is 2. The van der Waals surface area contributed by atoms with Crippen molar-refractivity contribution in [2.24, 2.45) is 0 Å². The van der Waals surface area contributed by atoms with Gasteiger partial charge < -0.3 is 29.3 Å². The van der Waals surface area contributed by atoms with Gasteiger partial charge in [-0.1, -0.05) is 42.0 Å². The van der Waals surface area contributed by atoms with Gasteiger partial charge in [0.15, 0.2) is 0 Å². The second-order valence-electron chi connectivity index (χ2n) is 8.73. The number of ether oxygens (including phenoxy) is 3. The molecule has 35 heavy (non-hydrogen) atoms. The van der Waals surface area contributed by atoms with Crippen LogP contribution in [0.4, 0.5) is 9.59 Å². The van der Waals surface area contributed by atoms with Gasteiger partial charge in [-0.15, -0.1) is 0 Å². The first-order chi connectivity index (χ1) is 17.0. The van der Waals surface area contributed by atoms with Crippen LogP contribution in [0.3, 0.4) is 0 Å². The Hall–Kier alpha value is -3.26. The third-order valence-corrected chi connectivity index (χ3v) is 5.94. The van der Waals surface area contributed by atoms with Gasteiger partial charge in [0.1, 0.15) is 19.0 Å². The Morgan fingerprint density at radius 1 is 0.743 bits per heavy atom. The number of rotatable bonds is 5. The van der Waals surface area contributed by atoms with Crippen molar-refractivity contribution in [1.82, 2.24) is 15.1 Å². The maximum atomic E-state index is 12.8. The summed E-state index contributed by atoms with van der Waals surface area (Å²) in [7, 11) is 1.62. The van der Waals surface area contributed by atoms with Gasteiger partial charge >= 0.3 is 12.2 Å². The van der Waals surface area contributed by atoms with E-state index in [2.05, 4.69) is 5.32 Å². The molecule has 0 saturated carbocycles. The Balaban J connectivity index is 1.50. The Morgan fingerprint density at radius 3 is 1.69 bits per heavy atom. The molecule has 0 spiro atoms. The molecule has 1 saturated heterocycles. The van der Waals surface area contributed by atoms with Crippen molar-refractivity contribution in [2.45, 2.75) is 39.4 Å². The highest BCUT2D eigenvalue weighted by atomic mass is 16.6. The zero-order valence-corrected chi connectivity index (χ0v) is 20.8. The third kappa shape index (κ3) is 9.13. The molecule has 0 unspecified atom stereocenters. The van der Waals surface area contributed by atoms with Crippen LogP contribution in [-0.2, 0) is 22.7 Å². The maximum Gasteiger partial charge on any atom is 0.410 e. The first-order valence-electron chi connectivity index (χ1n) is 12.3. The van der Waals surface area contributed by atoms with Gasteiger partial charge in [0, 0.05) is 26.2 Å². The molecule has 190 valence electrons. The van der Waals surface area contributed by atoms with E-state index in [4.69, 9.17) is 14.2 Å². The fraction of sp³-hybridized carbons (Fsp3) is 0.481. The Kier molecular flexibility index (Phi) is 10.7. The van der Waals surface area contributed by atoms with Gasteiger partial charge in [0.2, 0.25) is 0 Å². The van der Waals surface area contributed by atoms with Crippen molar-refractivity contribution in [2.75, 3.05) is 46.4 Å². The van der Waals surface area contributed by atoms with Crippen LogP contribution in [0, 0.1) is 6.92 Å². The Labute approximate surface area is 208 Å².